The fourth-order valence-electron chi connectivity index (χ4n) is 4.07. The van der Waals surface area contributed by atoms with Gasteiger partial charge in [-0.1, -0.05) is 58.0 Å². The van der Waals surface area contributed by atoms with Crippen LogP contribution in [0, 0.1) is 11.7 Å². The maximum absolute atomic E-state index is 14.9. The molecule has 1 heterocycles. The lowest BCUT2D eigenvalue weighted by Crippen LogP contribution is -2.38. The van der Waals surface area contributed by atoms with Crippen LogP contribution in [-0.4, -0.2) is 59.4 Å². The molecule has 182 valence electrons. The van der Waals surface area contributed by atoms with E-state index in [9.17, 15) is 19.1 Å². The fourth-order valence-corrected chi connectivity index (χ4v) is 4.07. The SMILES string of the molecule is CCN(CC)CCN1C(=O)C(=O)/C(=C(\O)c2cccc(OCC(C)C)c2)C1c1ccccc1F. The molecule has 0 aliphatic carbocycles. The van der Waals surface area contributed by atoms with Crippen molar-refractivity contribution in [3.8, 4) is 5.75 Å². The van der Waals surface area contributed by atoms with Crippen molar-refractivity contribution in [2.24, 2.45) is 5.92 Å². The van der Waals surface area contributed by atoms with Crippen LogP contribution in [0.2, 0.25) is 0 Å². The van der Waals surface area contributed by atoms with Gasteiger partial charge in [-0.2, -0.15) is 0 Å². The number of ketones is 1. The standard InChI is InChI=1S/C27H33FN2O4/c1-5-29(6-2)14-15-30-24(21-12-7-8-13-22(21)28)23(26(32)27(30)33)25(31)19-10-9-11-20(16-19)34-17-18(3)4/h7-13,16,18,24,31H,5-6,14-15,17H2,1-4H3/b25-23-. The van der Waals surface area contributed by atoms with Gasteiger partial charge in [0, 0.05) is 24.2 Å². The summed E-state index contributed by atoms with van der Waals surface area (Å²) in [5.41, 5.74) is 0.398. The van der Waals surface area contributed by atoms with E-state index in [-0.39, 0.29) is 23.4 Å². The largest absolute Gasteiger partial charge is 0.507 e. The number of aliphatic hydroxyl groups excluding tert-OH is 1. The Hall–Kier alpha value is -3.19. The Morgan fingerprint density at radius 3 is 2.47 bits per heavy atom. The number of benzene rings is 2. The lowest BCUT2D eigenvalue weighted by molar-refractivity contribution is -0.140. The zero-order valence-corrected chi connectivity index (χ0v) is 20.3. The molecule has 7 heteroatoms. The van der Waals surface area contributed by atoms with Gasteiger partial charge in [-0.15, -0.1) is 0 Å². The Kier molecular flexibility index (Phi) is 8.45. The molecule has 0 saturated carbocycles. The van der Waals surface area contributed by atoms with Gasteiger partial charge < -0.3 is 19.6 Å². The van der Waals surface area contributed by atoms with E-state index < -0.39 is 23.5 Å². The third-order valence-electron chi connectivity index (χ3n) is 5.98. The van der Waals surface area contributed by atoms with Crippen molar-refractivity contribution >= 4 is 17.4 Å². The Morgan fingerprint density at radius 2 is 1.82 bits per heavy atom. The van der Waals surface area contributed by atoms with Crippen LogP contribution in [0.25, 0.3) is 5.76 Å². The Labute approximate surface area is 200 Å². The van der Waals surface area contributed by atoms with Crippen molar-refractivity contribution in [3.05, 3.63) is 71.0 Å². The minimum absolute atomic E-state index is 0.115. The van der Waals surface area contributed by atoms with Crippen LogP contribution in [0.4, 0.5) is 4.39 Å². The van der Waals surface area contributed by atoms with Gasteiger partial charge in [0.05, 0.1) is 18.2 Å². The molecule has 3 rings (SSSR count). The van der Waals surface area contributed by atoms with E-state index in [1.807, 2.05) is 27.7 Å². The quantitative estimate of drug-likeness (QED) is 0.313. The highest BCUT2D eigenvalue weighted by molar-refractivity contribution is 6.46. The van der Waals surface area contributed by atoms with Crippen molar-refractivity contribution < 1.29 is 23.8 Å². The molecule has 0 radical (unpaired) electrons. The molecule has 1 saturated heterocycles. The number of ether oxygens (including phenoxy) is 1. The molecule has 2 aromatic rings. The minimum Gasteiger partial charge on any atom is -0.507 e. The highest BCUT2D eigenvalue weighted by Crippen LogP contribution is 2.40. The minimum atomic E-state index is -1.02. The molecule has 34 heavy (non-hydrogen) atoms. The van der Waals surface area contributed by atoms with Gasteiger partial charge in [-0.3, -0.25) is 9.59 Å². The number of nitrogens with zero attached hydrogens (tertiary/aromatic N) is 2. The molecule has 0 aromatic heterocycles. The maximum atomic E-state index is 14.9. The van der Waals surface area contributed by atoms with E-state index in [1.54, 1.807) is 42.5 Å². The second-order valence-electron chi connectivity index (χ2n) is 8.77. The Morgan fingerprint density at radius 1 is 1.12 bits per heavy atom. The van der Waals surface area contributed by atoms with Crippen molar-refractivity contribution in [1.82, 2.24) is 9.80 Å². The first-order chi connectivity index (χ1) is 16.3. The predicted octanol–water partition coefficient (Wildman–Crippen LogP) is 4.62. The number of hydrogen-bond donors (Lipinski definition) is 1. The number of rotatable bonds is 10. The molecular formula is C27H33FN2O4. The van der Waals surface area contributed by atoms with Gasteiger partial charge in [0.1, 0.15) is 17.3 Å². The van der Waals surface area contributed by atoms with Crippen LogP contribution < -0.4 is 4.74 Å². The number of Topliss-reactive ketones (excluding diaryl/α,β-unsaturated/α-hetero) is 1. The van der Waals surface area contributed by atoms with Gasteiger partial charge in [0.25, 0.3) is 11.7 Å². The van der Waals surface area contributed by atoms with Crippen molar-refractivity contribution in [1.29, 1.82) is 0 Å². The lowest BCUT2D eigenvalue weighted by Gasteiger charge is -2.28. The zero-order valence-electron chi connectivity index (χ0n) is 20.3. The van der Waals surface area contributed by atoms with Gasteiger partial charge in [-0.25, -0.2) is 4.39 Å². The fraction of sp³-hybridized carbons (Fsp3) is 0.407. The highest BCUT2D eigenvalue weighted by atomic mass is 19.1. The van der Waals surface area contributed by atoms with Gasteiger partial charge in [-0.05, 0) is 37.2 Å². The van der Waals surface area contributed by atoms with Crippen molar-refractivity contribution in [3.63, 3.8) is 0 Å². The first-order valence-electron chi connectivity index (χ1n) is 11.8. The Balaban J connectivity index is 2.07. The number of carbonyl (C=O) groups excluding carboxylic acids is 2. The summed E-state index contributed by atoms with van der Waals surface area (Å²) >= 11 is 0. The van der Waals surface area contributed by atoms with E-state index in [4.69, 9.17) is 4.74 Å². The molecule has 1 fully saturated rings. The third kappa shape index (κ3) is 5.47. The smallest absolute Gasteiger partial charge is 0.295 e. The number of carbonyl (C=O) groups is 2. The molecule has 1 atom stereocenters. The number of amides is 1. The highest BCUT2D eigenvalue weighted by Gasteiger charge is 2.46. The molecule has 6 nitrogen and oxygen atoms in total. The monoisotopic (exact) mass is 468 g/mol. The second-order valence-corrected chi connectivity index (χ2v) is 8.77. The van der Waals surface area contributed by atoms with Crippen molar-refractivity contribution in [2.45, 2.75) is 33.7 Å². The topological polar surface area (TPSA) is 70.1 Å². The summed E-state index contributed by atoms with van der Waals surface area (Å²) in [5, 5.41) is 11.2. The summed E-state index contributed by atoms with van der Waals surface area (Å²) in [7, 11) is 0. The average Bonchev–Trinajstić information content (AvgIpc) is 3.08. The molecule has 1 N–H and O–H groups in total. The number of aliphatic hydroxyl groups is 1. The maximum Gasteiger partial charge on any atom is 0.295 e. The zero-order chi connectivity index (χ0) is 24.8. The van der Waals surface area contributed by atoms with E-state index in [0.717, 1.165) is 13.1 Å². The van der Waals surface area contributed by atoms with Crippen LogP contribution in [0.1, 0.15) is 44.9 Å². The van der Waals surface area contributed by atoms with Gasteiger partial charge >= 0.3 is 0 Å². The number of likely N-dealkylation sites (N-methyl/N-ethyl adjacent to an activating group) is 1. The summed E-state index contributed by atoms with van der Waals surface area (Å²) in [6, 6.07) is 11.8. The number of likely N-dealkylation sites (tertiary alicyclic amines) is 1. The molecule has 1 amide bonds. The van der Waals surface area contributed by atoms with Crippen LogP contribution in [0.15, 0.2) is 54.1 Å². The number of hydrogen-bond acceptors (Lipinski definition) is 5. The van der Waals surface area contributed by atoms with E-state index in [0.29, 0.717) is 30.4 Å². The lowest BCUT2D eigenvalue weighted by atomic mass is 9.95. The normalized spacial score (nSPS) is 17.7. The van der Waals surface area contributed by atoms with Crippen LogP contribution in [0.3, 0.4) is 0 Å². The summed E-state index contributed by atoms with van der Waals surface area (Å²) in [6.45, 7) is 10.9. The summed E-state index contributed by atoms with van der Waals surface area (Å²) in [4.78, 5) is 29.7. The predicted molar refractivity (Wildman–Crippen MR) is 130 cm³/mol. The molecule has 0 spiro atoms. The van der Waals surface area contributed by atoms with E-state index >= 15 is 0 Å². The summed E-state index contributed by atoms with van der Waals surface area (Å²) in [5.74, 6) is -1.59. The van der Waals surface area contributed by atoms with Crippen molar-refractivity contribution in [2.75, 3.05) is 32.8 Å². The molecule has 1 aliphatic rings. The third-order valence-corrected chi connectivity index (χ3v) is 5.98. The van der Waals surface area contributed by atoms with Crippen LogP contribution in [0.5, 0.6) is 5.75 Å². The molecular weight excluding hydrogens is 435 g/mol. The summed E-state index contributed by atoms with van der Waals surface area (Å²) < 4.78 is 20.6. The first kappa shape index (κ1) is 25.4. The molecule has 2 aromatic carbocycles. The van der Waals surface area contributed by atoms with Crippen LogP contribution in [-0.2, 0) is 9.59 Å². The summed E-state index contributed by atoms with van der Waals surface area (Å²) in [6.07, 6.45) is 0. The molecule has 1 unspecified atom stereocenters. The second kappa shape index (κ2) is 11.3. The van der Waals surface area contributed by atoms with E-state index in [2.05, 4.69) is 4.90 Å². The van der Waals surface area contributed by atoms with E-state index in [1.165, 1.54) is 11.0 Å². The van der Waals surface area contributed by atoms with Crippen LogP contribution >= 0.6 is 0 Å². The van der Waals surface area contributed by atoms with Gasteiger partial charge in [0.15, 0.2) is 0 Å². The first-order valence-corrected chi connectivity index (χ1v) is 11.8. The molecule has 0 bridgehead atoms. The van der Waals surface area contributed by atoms with Gasteiger partial charge in [0.2, 0.25) is 0 Å². The Bertz CT molecular complexity index is 1060. The average molecular weight is 469 g/mol. The molecule has 1 aliphatic heterocycles. The number of halogens is 1.